The monoisotopic (exact) mass is 277 g/mol. The highest BCUT2D eigenvalue weighted by Gasteiger charge is 2.14. The van der Waals surface area contributed by atoms with Crippen LogP contribution in [0.15, 0.2) is 30.6 Å². The van der Waals surface area contributed by atoms with E-state index in [1.807, 2.05) is 31.6 Å². The van der Waals surface area contributed by atoms with E-state index in [0.29, 0.717) is 0 Å². The first kappa shape index (κ1) is 14.1. The highest BCUT2D eigenvalue weighted by Crippen LogP contribution is 2.23. The van der Waals surface area contributed by atoms with Gasteiger partial charge in [-0.15, -0.1) is 0 Å². The van der Waals surface area contributed by atoms with E-state index >= 15 is 0 Å². The van der Waals surface area contributed by atoms with Gasteiger partial charge in [0.2, 0.25) is 0 Å². The van der Waals surface area contributed by atoms with Crippen molar-refractivity contribution in [2.24, 2.45) is 7.05 Å². The summed E-state index contributed by atoms with van der Waals surface area (Å²) in [6.07, 6.45) is 4.67. The molecular formula is C15H20ClN3. The maximum Gasteiger partial charge on any atom is 0.110 e. The third-order valence-electron chi connectivity index (χ3n) is 3.23. The molecule has 3 nitrogen and oxygen atoms in total. The molecule has 1 N–H and O–H groups in total. The van der Waals surface area contributed by atoms with E-state index in [2.05, 4.69) is 34.8 Å². The van der Waals surface area contributed by atoms with Crippen LogP contribution in [0.3, 0.4) is 0 Å². The van der Waals surface area contributed by atoms with Crippen molar-refractivity contribution in [3.63, 3.8) is 0 Å². The fraction of sp³-hybridized carbons (Fsp3) is 0.400. The highest BCUT2D eigenvalue weighted by atomic mass is 35.5. The third kappa shape index (κ3) is 3.58. The lowest BCUT2D eigenvalue weighted by Crippen LogP contribution is -2.24. The number of imidazole rings is 1. The van der Waals surface area contributed by atoms with E-state index in [1.54, 1.807) is 0 Å². The molecule has 1 aromatic heterocycles. The molecular weight excluding hydrogens is 258 g/mol. The van der Waals surface area contributed by atoms with E-state index in [4.69, 9.17) is 11.6 Å². The molecule has 2 aromatic rings. The van der Waals surface area contributed by atoms with Crippen LogP contribution in [0.4, 0.5) is 0 Å². The summed E-state index contributed by atoms with van der Waals surface area (Å²) in [6.45, 7) is 5.10. The number of hydrogen-bond acceptors (Lipinski definition) is 2. The van der Waals surface area contributed by atoms with E-state index in [9.17, 15) is 0 Å². The van der Waals surface area contributed by atoms with Gasteiger partial charge in [-0.1, -0.05) is 24.6 Å². The van der Waals surface area contributed by atoms with Gasteiger partial charge >= 0.3 is 0 Å². The molecule has 1 aromatic carbocycles. The second-order valence-electron chi connectivity index (χ2n) is 4.83. The molecule has 19 heavy (non-hydrogen) atoms. The summed E-state index contributed by atoms with van der Waals surface area (Å²) in [7, 11) is 2.02. The van der Waals surface area contributed by atoms with Crippen molar-refractivity contribution in [1.29, 1.82) is 0 Å². The molecule has 0 saturated carbocycles. The first-order valence-corrected chi connectivity index (χ1v) is 6.94. The van der Waals surface area contributed by atoms with Crippen molar-refractivity contribution in [3.8, 4) is 0 Å². The van der Waals surface area contributed by atoms with Gasteiger partial charge in [0.1, 0.15) is 5.82 Å². The zero-order valence-corrected chi connectivity index (χ0v) is 12.4. The molecule has 102 valence electrons. The minimum absolute atomic E-state index is 0.239. The molecule has 4 heteroatoms. The number of hydrogen-bond donors (Lipinski definition) is 1. The summed E-state index contributed by atoms with van der Waals surface area (Å²) in [5.41, 5.74) is 2.40. The Labute approximate surface area is 119 Å². The summed E-state index contributed by atoms with van der Waals surface area (Å²) in [4.78, 5) is 4.40. The van der Waals surface area contributed by atoms with Gasteiger partial charge in [0.15, 0.2) is 0 Å². The molecule has 0 fully saturated rings. The van der Waals surface area contributed by atoms with Crippen LogP contribution in [-0.4, -0.2) is 16.1 Å². The van der Waals surface area contributed by atoms with E-state index < -0.39 is 0 Å². The molecule has 0 saturated heterocycles. The van der Waals surface area contributed by atoms with Crippen LogP contribution in [0, 0.1) is 6.92 Å². The maximum absolute atomic E-state index is 6.16. The molecule has 0 aliphatic heterocycles. The van der Waals surface area contributed by atoms with Crippen LogP contribution in [0.1, 0.15) is 29.9 Å². The van der Waals surface area contributed by atoms with Crippen LogP contribution in [0.5, 0.6) is 0 Å². The second-order valence-corrected chi connectivity index (χ2v) is 5.27. The van der Waals surface area contributed by atoms with Gasteiger partial charge in [0.25, 0.3) is 0 Å². The van der Waals surface area contributed by atoms with Gasteiger partial charge < -0.3 is 9.88 Å². The summed E-state index contributed by atoms with van der Waals surface area (Å²) >= 11 is 6.16. The van der Waals surface area contributed by atoms with Gasteiger partial charge in [0, 0.05) is 36.9 Å². The number of rotatable bonds is 5. The fourth-order valence-corrected chi connectivity index (χ4v) is 2.59. The number of nitrogens with zero attached hydrogens (tertiary/aromatic N) is 2. The Balaban J connectivity index is 2.26. The Hall–Kier alpha value is -1.32. The maximum atomic E-state index is 6.16. The molecule has 0 amide bonds. The zero-order valence-electron chi connectivity index (χ0n) is 11.7. The Morgan fingerprint density at radius 1 is 1.37 bits per heavy atom. The van der Waals surface area contributed by atoms with E-state index in [1.165, 1.54) is 11.1 Å². The Morgan fingerprint density at radius 2 is 2.16 bits per heavy atom. The minimum atomic E-state index is 0.239. The number of nitrogens with one attached hydrogen (secondary N) is 1. The standard InChI is InChI=1S/C15H20ClN3/c1-4-17-14(10-15-18-5-6-19(15)3)12-7-11(2)8-13(16)9-12/h5-9,14,17H,4,10H2,1-3H3. The molecule has 0 bridgehead atoms. The molecule has 0 aliphatic rings. The van der Waals surface area contributed by atoms with Gasteiger partial charge in [-0.3, -0.25) is 0 Å². The lowest BCUT2D eigenvalue weighted by atomic mass is 10.0. The van der Waals surface area contributed by atoms with Gasteiger partial charge in [-0.25, -0.2) is 4.98 Å². The lowest BCUT2D eigenvalue weighted by Gasteiger charge is -2.19. The van der Waals surface area contributed by atoms with E-state index in [0.717, 1.165) is 23.8 Å². The van der Waals surface area contributed by atoms with Crippen LogP contribution in [0.2, 0.25) is 5.02 Å². The quantitative estimate of drug-likeness (QED) is 0.909. The van der Waals surface area contributed by atoms with Gasteiger partial charge in [-0.2, -0.15) is 0 Å². The van der Waals surface area contributed by atoms with Crippen molar-refractivity contribution in [1.82, 2.24) is 14.9 Å². The average Bonchev–Trinajstić information content (AvgIpc) is 2.73. The van der Waals surface area contributed by atoms with Crippen molar-refractivity contribution in [2.75, 3.05) is 6.54 Å². The largest absolute Gasteiger partial charge is 0.338 e. The SMILES string of the molecule is CCNC(Cc1nccn1C)c1cc(C)cc(Cl)c1. The summed E-state index contributed by atoms with van der Waals surface area (Å²) in [5.74, 6) is 1.07. The zero-order chi connectivity index (χ0) is 13.8. The molecule has 0 aliphatic carbocycles. The predicted molar refractivity (Wildman–Crippen MR) is 79.5 cm³/mol. The summed E-state index contributed by atoms with van der Waals surface area (Å²) in [5, 5.41) is 4.30. The molecule has 1 heterocycles. The van der Waals surface area contributed by atoms with Crippen molar-refractivity contribution in [3.05, 3.63) is 52.6 Å². The number of benzene rings is 1. The number of likely N-dealkylation sites (N-methyl/N-ethyl adjacent to an activating group) is 1. The van der Waals surface area contributed by atoms with Crippen LogP contribution in [0.25, 0.3) is 0 Å². The molecule has 0 radical (unpaired) electrons. The second kappa shape index (κ2) is 6.22. The summed E-state index contributed by atoms with van der Waals surface area (Å²) < 4.78 is 2.06. The highest BCUT2D eigenvalue weighted by molar-refractivity contribution is 6.30. The Morgan fingerprint density at radius 3 is 2.74 bits per heavy atom. The van der Waals surface area contributed by atoms with Crippen LogP contribution in [-0.2, 0) is 13.5 Å². The Kier molecular flexibility index (Phi) is 4.61. The van der Waals surface area contributed by atoms with Crippen molar-refractivity contribution < 1.29 is 0 Å². The molecule has 1 atom stereocenters. The first-order chi connectivity index (χ1) is 9.10. The molecule has 1 unspecified atom stereocenters. The van der Waals surface area contributed by atoms with E-state index in [-0.39, 0.29) is 6.04 Å². The van der Waals surface area contributed by atoms with Crippen LogP contribution < -0.4 is 5.32 Å². The lowest BCUT2D eigenvalue weighted by molar-refractivity contribution is 0.529. The smallest absolute Gasteiger partial charge is 0.110 e. The fourth-order valence-electron chi connectivity index (χ4n) is 2.30. The van der Waals surface area contributed by atoms with Crippen molar-refractivity contribution >= 4 is 11.6 Å². The number of aromatic nitrogens is 2. The van der Waals surface area contributed by atoms with Crippen LogP contribution >= 0.6 is 11.6 Å². The summed E-state index contributed by atoms with van der Waals surface area (Å²) in [6, 6.07) is 6.44. The topological polar surface area (TPSA) is 29.9 Å². The van der Waals surface area contributed by atoms with Gasteiger partial charge in [0.05, 0.1) is 0 Å². The molecule has 0 spiro atoms. The van der Waals surface area contributed by atoms with Gasteiger partial charge in [-0.05, 0) is 36.7 Å². The average molecular weight is 278 g/mol. The minimum Gasteiger partial charge on any atom is -0.338 e. The number of halogens is 1. The Bertz CT molecular complexity index is 528. The normalized spacial score (nSPS) is 12.6. The predicted octanol–water partition coefficient (Wildman–Crippen LogP) is 3.28. The van der Waals surface area contributed by atoms with Crippen molar-refractivity contribution in [2.45, 2.75) is 26.3 Å². The first-order valence-electron chi connectivity index (χ1n) is 6.57. The number of aryl methyl sites for hydroxylation is 2. The third-order valence-corrected chi connectivity index (χ3v) is 3.44. The molecule has 2 rings (SSSR count).